The summed E-state index contributed by atoms with van der Waals surface area (Å²) in [5.41, 5.74) is 5.33. The van der Waals surface area contributed by atoms with Crippen LogP contribution in [0.5, 0.6) is 0 Å². The van der Waals surface area contributed by atoms with Crippen LogP contribution in [0.25, 0.3) is 0 Å². The largest absolute Gasteiger partial charge is 0.368 e. The van der Waals surface area contributed by atoms with Gasteiger partial charge in [0.25, 0.3) is 0 Å². The van der Waals surface area contributed by atoms with Gasteiger partial charge in [-0.15, -0.1) is 11.6 Å². The molecule has 0 spiro atoms. The second kappa shape index (κ2) is 4.00. The van der Waals surface area contributed by atoms with Crippen LogP contribution in [-0.2, 0) is 9.67 Å². The fourth-order valence-electron chi connectivity index (χ4n) is 0.625. The van der Waals surface area contributed by atoms with Gasteiger partial charge in [0.05, 0.1) is 5.88 Å². The average molecular weight is 262 g/mol. The second-order valence-electron chi connectivity index (χ2n) is 2.06. The first-order chi connectivity index (χ1) is 5.93. The molecule has 0 saturated carbocycles. The van der Waals surface area contributed by atoms with Crippen molar-refractivity contribution in [3.05, 3.63) is 11.6 Å². The summed E-state index contributed by atoms with van der Waals surface area (Å²) in [4.78, 5) is 11.2. The molecule has 0 radical (unpaired) electrons. The molecule has 2 N–H and O–H groups in total. The minimum absolute atomic E-state index is 0.0213. The molecule has 0 aliphatic rings. The number of aromatic nitrogens is 3. The SMILES string of the molecule is Nc1nc(CCl)nc(C(Cl)(Cl)Cl)n1. The Morgan fingerprint density at radius 2 is 1.77 bits per heavy atom. The van der Waals surface area contributed by atoms with Gasteiger partial charge in [-0.25, -0.2) is 4.98 Å². The molecule has 1 aromatic rings. The zero-order chi connectivity index (χ0) is 10.1. The molecule has 0 bridgehead atoms. The van der Waals surface area contributed by atoms with Gasteiger partial charge in [0.2, 0.25) is 9.74 Å². The van der Waals surface area contributed by atoms with Crippen LogP contribution in [0.4, 0.5) is 5.95 Å². The molecule has 8 heteroatoms. The van der Waals surface area contributed by atoms with Crippen molar-refractivity contribution in [2.24, 2.45) is 0 Å². The quantitative estimate of drug-likeness (QED) is 0.786. The van der Waals surface area contributed by atoms with E-state index >= 15 is 0 Å². The Kier molecular flexibility index (Phi) is 3.40. The van der Waals surface area contributed by atoms with Crippen molar-refractivity contribution >= 4 is 52.4 Å². The lowest BCUT2D eigenvalue weighted by molar-refractivity contribution is 0.879. The summed E-state index contributed by atoms with van der Waals surface area (Å²) in [7, 11) is 0. The van der Waals surface area contributed by atoms with E-state index in [2.05, 4.69) is 15.0 Å². The van der Waals surface area contributed by atoms with Gasteiger partial charge in [0.1, 0.15) is 5.82 Å². The molecule has 1 aromatic heterocycles. The summed E-state index contributed by atoms with van der Waals surface area (Å²) in [5, 5.41) is 0. The molecule has 0 aliphatic heterocycles. The van der Waals surface area contributed by atoms with Crippen molar-refractivity contribution < 1.29 is 0 Å². The number of alkyl halides is 4. The van der Waals surface area contributed by atoms with E-state index < -0.39 is 3.79 Å². The number of hydrogen-bond donors (Lipinski definition) is 1. The first-order valence-electron chi connectivity index (χ1n) is 3.07. The smallest absolute Gasteiger partial charge is 0.250 e. The molecule has 0 atom stereocenters. The van der Waals surface area contributed by atoms with E-state index in [1.165, 1.54) is 0 Å². The number of halogens is 4. The van der Waals surface area contributed by atoms with Gasteiger partial charge in [-0.3, -0.25) is 0 Å². The summed E-state index contributed by atoms with van der Waals surface area (Å²) in [5.74, 6) is 0.309. The van der Waals surface area contributed by atoms with Crippen LogP contribution in [0, 0.1) is 0 Å². The minimum atomic E-state index is -1.71. The Morgan fingerprint density at radius 3 is 2.23 bits per heavy atom. The topological polar surface area (TPSA) is 64.7 Å². The molecular weight excluding hydrogens is 258 g/mol. The molecule has 4 nitrogen and oxygen atoms in total. The monoisotopic (exact) mass is 260 g/mol. The normalized spacial score (nSPS) is 11.7. The van der Waals surface area contributed by atoms with Crippen LogP contribution >= 0.6 is 46.4 Å². The zero-order valence-electron chi connectivity index (χ0n) is 6.14. The molecule has 72 valence electrons. The van der Waals surface area contributed by atoms with E-state index in [9.17, 15) is 0 Å². The van der Waals surface area contributed by atoms with Crippen LogP contribution in [0.1, 0.15) is 11.6 Å². The van der Waals surface area contributed by atoms with E-state index in [1.807, 2.05) is 0 Å². The fraction of sp³-hybridized carbons (Fsp3) is 0.400. The van der Waals surface area contributed by atoms with Crippen LogP contribution in [0.3, 0.4) is 0 Å². The van der Waals surface area contributed by atoms with Crippen molar-refractivity contribution in [2.75, 3.05) is 5.73 Å². The highest BCUT2D eigenvalue weighted by atomic mass is 35.6. The minimum Gasteiger partial charge on any atom is -0.368 e. The van der Waals surface area contributed by atoms with E-state index in [0.29, 0.717) is 0 Å². The van der Waals surface area contributed by atoms with Crippen LogP contribution in [-0.4, -0.2) is 15.0 Å². The Balaban J connectivity index is 3.16. The lowest BCUT2D eigenvalue weighted by Crippen LogP contribution is -2.12. The molecule has 0 aromatic carbocycles. The lowest BCUT2D eigenvalue weighted by atomic mass is 10.6. The predicted octanol–water partition coefficient (Wildman–Crippen LogP) is 2.02. The van der Waals surface area contributed by atoms with Crippen molar-refractivity contribution in [3.8, 4) is 0 Å². The van der Waals surface area contributed by atoms with Crippen LogP contribution < -0.4 is 5.73 Å². The van der Waals surface area contributed by atoms with E-state index in [4.69, 9.17) is 52.1 Å². The van der Waals surface area contributed by atoms with Crippen molar-refractivity contribution in [1.82, 2.24) is 15.0 Å². The highest BCUT2D eigenvalue weighted by Gasteiger charge is 2.27. The standard InChI is InChI=1S/C5H4Cl4N4/c6-1-2-11-3(5(7,8)9)13-4(10)12-2/h1H2,(H2,10,11,12,13). The van der Waals surface area contributed by atoms with Gasteiger partial charge in [-0.1, -0.05) is 34.8 Å². The second-order valence-corrected chi connectivity index (χ2v) is 4.61. The van der Waals surface area contributed by atoms with Gasteiger partial charge in [0, 0.05) is 0 Å². The average Bonchev–Trinajstić information content (AvgIpc) is 2.01. The molecule has 0 amide bonds. The molecular formula is C5H4Cl4N4. The summed E-state index contributed by atoms with van der Waals surface area (Å²) in [6, 6.07) is 0. The summed E-state index contributed by atoms with van der Waals surface area (Å²) in [6.07, 6.45) is 0. The summed E-state index contributed by atoms with van der Waals surface area (Å²) >= 11 is 22.1. The van der Waals surface area contributed by atoms with Gasteiger partial charge in [-0.2, -0.15) is 9.97 Å². The van der Waals surface area contributed by atoms with E-state index in [1.54, 1.807) is 0 Å². The van der Waals surface area contributed by atoms with E-state index in [0.717, 1.165) is 0 Å². The maximum atomic E-state index is 5.54. The van der Waals surface area contributed by atoms with Gasteiger partial charge in [-0.05, 0) is 0 Å². The van der Waals surface area contributed by atoms with Crippen molar-refractivity contribution in [3.63, 3.8) is 0 Å². The molecule has 0 unspecified atom stereocenters. The summed E-state index contributed by atoms with van der Waals surface area (Å²) in [6.45, 7) is 0. The number of nitrogen functional groups attached to an aromatic ring is 1. The number of hydrogen-bond acceptors (Lipinski definition) is 4. The number of rotatable bonds is 1. The molecule has 1 heterocycles. The zero-order valence-corrected chi connectivity index (χ0v) is 9.16. The fourth-order valence-corrected chi connectivity index (χ4v) is 0.998. The van der Waals surface area contributed by atoms with E-state index in [-0.39, 0.29) is 23.5 Å². The number of nitrogens with two attached hydrogens (primary N) is 1. The Bertz CT molecular complexity index is 310. The summed E-state index contributed by atoms with van der Waals surface area (Å²) < 4.78 is -1.71. The Labute approximate surface area is 94.4 Å². The molecule has 13 heavy (non-hydrogen) atoms. The Morgan fingerprint density at radius 1 is 1.15 bits per heavy atom. The van der Waals surface area contributed by atoms with Crippen LogP contribution in [0.15, 0.2) is 0 Å². The third kappa shape index (κ3) is 2.98. The highest BCUT2D eigenvalue weighted by molar-refractivity contribution is 6.66. The predicted molar refractivity (Wildman–Crippen MR) is 53.0 cm³/mol. The maximum Gasteiger partial charge on any atom is 0.250 e. The van der Waals surface area contributed by atoms with Crippen molar-refractivity contribution in [1.29, 1.82) is 0 Å². The lowest BCUT2D eigenvalue weighted by Gasteiger charge is -2.09. The molecule has 1 rings (SSSR count). The number of nitrogens with zero attached hydrogens (tertiary/aromatic N) is 3. The Hall–Kier alpha value is -0.0300. The first-order valence-corrected chi connectivity index (χ1v) is 4.74. The third-order valence-corrected chi connectivity index (χ3v) is 1.82. The first kappa shape index (κ1) is 11.0. The van der Waals surface area contributed by atoms with Crippen LogP contribution in [0.2, 0.25) is 0 Å². The molecule has 0 aliphatic carbocycles. The van der Waals surface area contributed by atoms with Gasteiger partial charge >= 0.3 is 0 Å². The molecule has 0 saturated heterocycles. The highest BCUT2D eigenvalue weighted by Crippen LogP contribution is 2.35. The van der Waals surface area contributed by atoms with Crippen molar-refractivity contribution in [2.45, 2.75) is 9.67 Å². The van der Waals surface area contributed by atoms with Gasteiger partial charge in [0.15, 0.2) is 5.82 Å². The number of anilines is 1. The third-order valence-electron chi connectivity index (χ3n) is 1.07. The maximum absolute atomic E-state index is 5.54. The molecule has 0 fully saturated rings. The van der Waals surface area contributed by atoms with Gasteiger partial charge < -0.3 is 5.73 Å².